The number of carbonyl (C=O) groups excluding carboxylic acids is 3. The number of nitrogens with zero attached hydrogens (tertiary/aromatic N) is 7. The predicted octanol–water partition coefficient (Wildman–Crippen LogP) is 5.97. The Hall–Kier alpha value is -5.78. The highest BCUT2D eigenvalue weighted by molar-refractivity contribution is 6.31. The van der Waals surface area contributed by atoms with Crippen LogP contribution in [0.25, 0.3) is 21.7 Å². The van der Waals surface area contributed by atoms with Gasteiger partial charge in [-0.1, -0.05) is 28.9 Å². The van der Waals surface area contributed by atoms with Gasteiger partial charge in [0, 0.05) is 75.4 Å². The second-order valence-corrected chi connectivity index (χ2v) is 16.6. The van der Waals surface area contributed by atoms with Crippen LogP contribution in [0.5, 0.6) is 5.75 Å². The number of aromatic nitrogens is 3. The van der Waals surface area contributed by atoms with Gasteiger partial charge in [-0.05, 0) is 98.7 Å². The quantitative estimate of drug-likeness (QED) is 0.167. The maximum absolute atomic E-state index is 13.1. The zero-order valence-electron chi connectivity index (χ0n) is 32.7. The summed E-state index contributed by atoms with van der Waals surface area (Å²) in [6.07, 6.45) is 6.08. The molecule has 0 radical (unpaired) electrons. The maximum Gasteiger partial charge on any atom is 0.272 e. The minimum atomic E-state index is -0.515. The Labute approximate surface area is 346 Å². The van der Waals surface area contributed by atoms with Crippen molar-refractivity contribution in [2.45, 2.75) is 69.4 Å². The number of fused-ring (bicyclic) bond motifs is 3. The van der Waals surface area contributed by atoms with Crippen molar-refractivity contribution in [2.75, 3.05) is 55.6 Å². The number of anilines is 2. The third-order valence-electron chi connectivity index (χ3n) is 12.5. The molecular formula is C44H46ClN9O5. The lowest BCUT2D eigenvalue weighted by Gasteiger charge is -2.40. The number of imide groups is 1. The van der Waals surface area contributed by atoms with Crippen LogP contribution in [0.3, 0.4) is 0 Å². The topological polar surface area (TPSA) is 170 Å². The first kappa shape index (κ1) is 38.7. The number of nitriles is 1. The van der Waals surface area contributed by atoms with Crippen LogP contribution in [0.4, 0.5) is 11.5 Å². The molecule has 3 aromatic carbocycles. The maximum atomic E-state index is 13.1. The molecule has 0 spiro atoms. The molecule has 0 bridgehead atoms. The zero-order valence-corrected chi connectivity index (χ0v) is 33.5. The lowest BCUT2D eigenvalue weighted by molar-refractivity contribution is -0.134. The van der Waals surface area contributed by atoms with Gasteiger partial charge in [0.25, 0.3) is 5.91 Å². The van der Waals surface area contributed by atoms with Crippen molar-refractivity contribution < 1.29 is 23.6 Å². The van der Waals surface area contributed by atoms with Gasteiger partial charge in [0.05, 0.1) is 28.0 Å². The molecule has 2 N–H and O–H groups in total. The average molecular weight is 816 g/mol. The Morgan fingerprint density at radius 2 is 1.71 bits per heavy atom. The Morgan fingerprint density at radius 1 is 0.898 bits per heavy atom. The molecule has 14 nitrogen and oxygen atoms in total. The molecule has 3 saturated heterocycles. The van der Waals surface area contributed by atoms with E-state index in [0.717, 1.165) is 106 Å². The van der Waals surface area contributed by atoms with Gasteiger partial charge >= 0.3 is 0 Å². The van der Waals surface area contributed by atoms with E-state index in [1.54, 1.807) is 24.3 Å². The second-order valence-electron chi connectivity index (χ2n) is 16.2. The van der Waals surface area contributed by atoms with Gasteiger partial charge in [-0.15, -0.1) is 10.2 Å². The van der Waals surface area contributed by atoms with Crippen molar-refractivity contribution in [2.24, 2.45) is 5.92 Å². The molecule has 1 aliphatic carbocycles. The molecule has 59 heavy (non-hydrogen) atoms. The van der Waals surface area contributed by atoms with E-state index in [0.29, 0.717) is 45.6 Å². The average Bonchev–Trinajstić information content (AvgIpc) is 3.69. The van der Waals surface area contributed by atoms with Crippen molar-refractivity contribution >= 4 is 62.6 Å². The molecule has 4 aliphatic rings. The fraction of sp³-hybridized carbons (Fsp3) is 0.432. The molecule has 5 heterocycles. The second kappa shape index (κ2) is 16.8. The number of carbonyl (C=O) groups is 3. The summed E-state index contributed by atoms with van der Waals surface area (Å²) >= 11 is 6.16. The fourth-order valence-corrected chi connectivity index (χ4v) is 9.42. The van der Waals surface area contributed by atoms with Crippen molar-refractivity contribution in [3.8, 4) is 11.8 Å². The minimum absolute atomic E-state index is 0.0291. The molecular weight excluding hydrogens is 770 g/mol. The van der Waals surface area contributed by atoms with Crippen molar-refractivity contribution in [1.82, 2.24) is 30.9 Å². The normalized spacial score (nSPS) is 22.0. The molecule has 1 unspecified atom stereocenters. The lowest BCUT2D eigenvalue weighted by atomic mass is 9.91. The monoisotopic (exact) mass is 815 g/mol. The Morgan fingerprint density at radius 3 is 2.44 bits per heavy atom. The third kappa shape index (κ3) is 8.27. The summed E-state index contributed by atoms with van der Waals surface area (Å²) in [6, 6.07) is 21.2. The largest absolute Gasteiger partial charge is 0.490 e. The molecule has 9 rings (SSSR count). The Bertz CT molecular complexity index is 2410. The molecule has 304 valence electrons. The number of benzene rings is 3. The number of ether oxygens (including phenoxy) is 1. The standard InChI is InChI=1S/C44H46ClN9O5/c45-35-24-31(7-4-28(35)25-46)58-30-8-5-29(6-9-30)47-44(57)36-12-14-39(50-49-36)54-18-16-27(17-19-54)26-52-20-22-53(23-21-52)37-3-1-2-33-32(37)10-13-38-41(33)42(51-59-38)34-11-15-40(55)48-43(34)56/h1-4,7,10,12-14,24,27,29-30,34H,5-6,8-9,11,15-23,26H2,(H,47,57)(H,48,55,56)/t29-,30-,34?. The van der Waals surface area contributed by atoms with Gasteiger partial charge in [-0.3, -0.25) is 24.6 Å². The highest BCUT2D eigenvalue weighted by atomic mass is 35.5. The van der Waals surface area contributed by atoms with Gasteiger partial charge in [0.2, 0.25) is 11.8 Å². The van der Waals surface area contributed by atoms with Gasteiger partial charge in [0.15, 0.2) is 17.1 Å². The summed E-state index contributed by atoms with van der Waals surface area (Å²) in [4.78, 5) is 44.9. The molecule has 1 saturated carbocycles. The van der Waals surface area contributed by atoms with Gasteiger partial charge in [-0.25, -0.2) is 0 Å². The number of nitrogens with one attached hydrogen (secondary N) is 2. The first-order chi connectivity index (χ1) is 28.8. The summed E-state index contributed by atoms with van der Waals surface area (Å²) in [5.41, 5.74) is 3.15. The van der Waals surface area contributed by atoms with Crippen LogP contribution in [0, 0.1) is 17.2 Å². The van der Waals surface area contributed by atoms with Gasteiger partial charge < -0.3 is 24.4 Å². The highest BCUT2D eigenvalue weighted by Crippen LogP contribution is 2.38. The van der Waals surface area contributed by atoms with Crippen LogP contribution < -0.4 is 25.2 Å². The first-order valence-electron chi connectivity index (χ1n) is 20.7. The van der Waals surface area contributed by atoms with Crippen molar-refractivity contribution in [1.29, 1.82) is 5.26 Å². The van der Waals surface area contributed by atoms with Crippen LogP contribution in [0.1, 0.15) is 79.0 Å². The molecule has 2 aromatic heterocycles. The van der Waals surface area contributed by atoms with E-state index in [4.69, 9.17) is 26.1 Å². The van der Waals surface area contributed by atoms with E-state index in [9.17, 15) is 14.4 Å². The van der Waals surface area contributed by atoms with E-state index in [1.165, 1.54) is 5.69 Å². The van der Waals surface area contributed by atoms with Crippen molar-refractivity contribution in [3.05, 3.63) is 82.6 Å². The smallest absolute Gasteiger partial charge is 0.272 e. The number of halogens is 1. The summed E-state index contributed by atoms with van der Waals surface area (Å²) in [5.74, 6) is 0.764. The molecule has 3 amide bonds. The number of piperidine rings is 2. The molecule has 15 heteroatoms. The number of amides is 3. The van der Waals surface area contributed by atoms with Crippen LogP contribution >= 0.6 is 11.6 Å². The van der Waals surface area contributed by atoms with E-state index >= 15 is 0 Å². The number of piperazine rings is 1. The summed E-state index contributed by atoms with van der Waals surface area (Å²) in [6.45, 7) is 6.66. The number of hydrogen-bond donors (Lipinski definition) is 2. The Kier molecular flexibility index (Phi) is 11.0. The first-order valence-corrected chi connectivity index (χ1v) is 21.1. The van der Waals surface area contributed by atoms with Crippen LogP contribution in [-0.4, -0.2) is 95.9 Å². The van der Waals surface area contributed by atoms with Crippen LogP contribution in [0.2, 0.25) is 5.02 Å². The number of hydrogen-bond acceptors (Lipinski definition) is 12. The highest BCUT2D eigenvalue weighted by Gasteiger charge is 2.33. The van der Waals surface area contributed by atoms with Crippen LogP contribution in [-0.2, 0) is 9.59 Å². The van der Waals surface area contributed by atoms with Gasteiger partial charge in [0.1, 0.15) is 17.5 Å². The Balaban J connectivity index is 0.729. The van der Waals surface area contributed by atoms with E-state index in [2.05, 4.69) is 71.0 Å². The SMILES string of the molecule is N#Cc1ccc(O[C@H]2CC[C@H](NC(=O)c3ccc(N4CCC(CN5CCN(c6cccc7c6ccc6onc(C8CCC(=O)NC8=O)c67)CC5)CC4)nn3)CC2)cc1Cl. The van der Waals surface area contributed by atoms with Gasteiger partial charge in [-0.2, -0.15) is 5.26 Å². The molecule has 4 fully saturated rings. The third-order valence-corrected chi connectivity index (χ3v) is 12.8. The number of rotatable bonds is 9. The predicted molar refractivity (Wildman–Crippen MR) is 223 cm³/mol. The zero-order chi connectivity index (χ0) is 40.5. The van der Waals surface area contributed by atoms with E-state index in [1.807, 2.05) is 12.1 Å². The minimum Gasteiger partial charge on any atom is -0.490 e. The summed E-state index contributed by atoms with van der Waals surface area (Å²) < 4.78 is 11.8. The van der Waals surface area contributed by atoms with E-state index in [-0.39, 0.29) is 36.3 Å². The molecule has 5 aromatic rings. The summed E-state index contributed by atoms with van der Waals surface area (Å²) in [5, 5.41) is 31.1. The molecule has 3 aliphatic heterocycles. The lowest BCUT2D eigenvalue weighted by Crippen LogP contribution is -2.49. The van der Waals surface area contributed by atoms with E-state index < -0.39 is 5.92 Å². The fourth-order valence-electron chi connectivity index (χ4n) is 9.21. The van der Waals surface area contributed by atoms with Crippen molar-refractivity contribution in [3.63, 3.8) is 0 Å². The van der Waals surface area contributed by atoms with Crippen LogP contribution in [0.15, 0.2) is 65.2 Å². The summed E-state index contributed by atoms with van der Waals surface area (Å²) in [7, 11) is 0. The molecule has 1 atom stereocenters.